The number of amides is 1. The molecule has 2 rings (SSSR count). The zero-order valence-electron chi connectivity index (χ0n) is 14.7. The van der Waals surface area contributed by atoms with Crippen LogP contribution in [0.15, 0.2) is 6.07 Å². The number of ether oxygens (including phenoxy) is 1. The fourth-order valence-corrected chi connectivity index (χ4v) is 4.03. The van der Waals surface area contributed by atoms with Gasteiger partial charge in [-0.2, -0.15) is 0 Å². The monoisotopic (exact) mass is 337 g/mol. The van der Waals surface area contributed by atoms with Crippen molar-refractivity contribution in [1.29, 1.82) is 0 Å². The predicted molar refractivity (Wildman–Crippen MR) is 92.9 cm³/mol. The van der Waals surface area contributed by atoms with Gasteiger partial charge in [0.25, 0.3) is 5.91 Å². The smallest absolute Gasteiger partial charge is 0.348 e. The van der Waals surface area contributed by atoms with Crippen LogP contribution in [0.25, 0.3) is 0 Å². The molecule has 0 radical (unpaired) electrons. The van der Waals surface area contributed by atoms with Crippen molar-refractivity contribution in [2.24, 2.45) is 11.3 Å². The summed E-state index contributed by atoms with van der Waals surface area (Å²) in [6.07, 6.45) is 3.22. The van der Waals surface area contributed by atoms with Crippen molar-refractivity contribution >= 4 is 23.2 Å². The van der Waals surface area contributed by atoms with Crippen LogP contribution in [0.1, 0.15) is 61.2 Å². The fraction of sp³-hybridized carbons (Fsp3) is 0.667. The van der Waals surface area contributed by atoms with Crippen LogP contribution in [-0.4, -0.2) is 24.5 Å². The summed E-state index contributed by atoms with van der Waals surface area (Å²) in [5.74, 6) is -0.0108. The van der Waals surface area contributed by atoms with Crippen LogP contribution in [0.5, 0.6) is 0 Å². The maximum Gasteiger partial charge on any atom is 0.348 e. The Hall–Kier alpha value is -1.36. The summed E-state index contributed by atoms with van der Waals surface area (Å²) in [6, 6.07) is 2.00. The molecule has 1 amide bonds. The maximum atomic E-state index is 12.1. The molecule has 0 saturated carbocycles. The summed E-state index contributed by atoms with van der Waals surface area (Å²) >= 11 is 1.52. The molecule has 1 N–H and O–H groups in total. The summed E-state index contributed by atoms with van der Waals surface area (Å²) in [4.78, 5) is 25.6. The first-order valence-corrected chi connectivity index (χ1v) is 9.06. The summed E-state index contributed by atoms with van der Waals surface area (Å²) in [5, 5.41) is 2.71. The van der Waals surface area contributed by atoms with Gasteiger partial charge in [0.15, 0.2) is 6.61 Å². The SMILES string of the molecule is CC(C)NC(=O)COC(=O)c1cc2c(s1)CC[C@@H](C(C)(C)C)C2. The topological polar surface area (TPSA) is 55.4 Å². The van der Waals surface area contributed by atoms with E-state index in [0.29, 0.717) is 10.8 Å². The average molecular weight is 337 g/mol. The average Bonchev–Trinajstić information content (AvgIpc) is 2.86. The Labute approximate surface area is 142 Å². The van der Waals surface area contributed by atoms with Crippen LogP contribution in [0, 0.1) is 11.3 Å². The number of carbonyl (C=O) groups excluding carboxylic acids is 2. The first kappa shape index (κ1) is 18.0. The highest BCUT2D eigenvalue weighted by Crippen LogP contribution is 2.40. The minimum Gasteiger partial charge on any atom is -0.451 e. The summed E-state index contributed by atoms with van der Waals surface area (Å²) in [5.41, 5.74) is 1.56. The lowest BCUT2D eigenvalue weighted by Crippen LogP contribution is -2.33. The minimum absolute atomic E-state index is 0.0459. The molecule has 4 nitrogen and oxygen atoms in total. The van der Waals surface area contributed by atoms with Gasteiger partial charge in [-0.05, 0) is 56.1 Å². The van der Waals surface area contributed by atoms with Crippen LogP contribution in [0.2, 0.25) is 0 Å². The first-order valence-electron chi connectivity index (χ1n) is 8.25. The standard InChI is InChI=1S/C18H27NO3S/c1-11(2)19-16(20)10-22-17(21)15-9-12-8-13(18(3,4)5)6-7-14(12)23-15/h9,11,13H,6-8,10H2,1-5H3,(H,19,20)/t13-/m1/s1. The molecule has 1 atom stereocenters. The van der Waals surface area contributed by atoms with Gasteiger partial charge in [0.05, 0.1) is 0 Å². The predicted octanol–water partition coefficient (Wildman–Crippen LogP) is 3.58. The largest absolute Gasteiger partial charge is 0.451 e. The Bertz CT molecular complexity index is 584. The van der Waals surface area contributed by atoms with Crippen molar-refractivity contribution in [1.82, 2.24) is 5.32 Å². The van der Waals surface area contributed by atoms with Gasteiger partial charge in [-0.25, -0.2) is 4.79 Å². The quantitative estimate of drug-likeness (QED) is 0.854. The van der Waals surface area contributed by atoms with Gasteiger partial charge in [0.2, 0.25) is 0 Å². The lowest BCUT2D eigenvalue weighted by atomic mass is 9.72. The van der Waals surface area contributed by atoms with E-state index >= 15 is 0 Å². The van der Waals surface area contributed by atoms with E-state index in [4.69, 9.17) is 4.74 Å². The molecule has 0 bridgehead atoms. The zero-order valence-corrected chi connectivity index (χ0v) is 15.5. The lowest BCUT2D eigenvalue weighted by Gasteiger charge is -2.33. The molecule has 0 fully saturated rings. The number of hydrogen-bond acceptors (Lipinski definition) is 4. The highest BCUT2D eigenvalue weighted by Gasteiger charge is 2.30. The Kier molecular flexibility index (Phi) is 5.50. The number of fused-ring (bicyclic) bond motifs is 1. The van der Waals surface area contributed by atoms with Crippen molar-refractivity contribution in [2.75, 3.05) is 6.61 Å². The van der Waals surface area contributed by atoms with Gasteiger partial charge in [0.1, 0.15) is 4.88 Å². The van der Waals surface area contributed by atoms with E-state index in [1.54, 1.807) is 0 Å². The van der Waals surface area contributed by atoms with E-state index in [1.807, 2.05) is 19.9 Å². The fourth-order valence-electron chi connectivity index (χ4n) is 2.93. The highest BCUT2D eigenvalue weighted by atomic mass is 32.1. The Morgan fingerprint density at radius 1 is 1.39 bits per heavy atom. The summed E-state index contributed by atoms with van der Waals surface area (Å²) in [6.45, 7) is 10.4. The first-order chi connectivity index (χ1) is 10.7. The number of esters is 1. The highest BCUT2D eigenvalue weighted by molar-refractivity contribution is 7.14. The van der Waals surface area contributed by atoms with E-state index in [-0.39, 0.29) is 24.0 Å². The van der Waals surface area contributed by atoms with E-state index in [2.05, 4.69) is 26.1 Å². The third kappa shape index (κ3) is 4.80. The third-order valence-electron chi connectivity index (χ3n) is 4.29. The molecular weight excluding hydrogens is 310 g/mol. The molecular formula is C18H27NO3S. The van der Waals surface area contributed by atoms with Crippen LogP contribution in [-0.2, 0) is 22.4 Å². The van der Waals surface area contributed by atoms with E-state index in [9.17, 15) is 9.59 Å². The maximum absolute atomic E-state index is 12.1. The van der Waals surface area contributed by atoms with Crippen molar-refractivity contribution in [3.63, 3.8) is 0 Å². The van der Waals surface area contributed by atoms with Crippen LogP contribution in [0.4, 0.5) is 0 Å². The van der Waals surface area contributed by atoms with Crippen LogP contribution < -0.4 is 5.32 Å². The van der Waals surface area contributed by atoms with E-state index < -0.39 is 5.97 Å². The molecule has 1 aromatic rings. The van der Waals surface area contributed by atoms with Gasteiger partial charge in [-0.3, -0.25) is 4.79 Å². The molecule has 1 heterocycles. The molecule has 1 aliphatic rings. The Balaban J connectivity index is 1.97. The van der Waals surface area contributed by atoms with E-state index in [1.165, 1.54) is 28.2 Å². The Morgan fingerprint density at radius 3 is 2.70 bits per heavy atom. The number of thiophene rings is 1. The molecule has 1 aliphatic carbocycles. The van der Waals surface area contributed by atoms with Crippen molar-refractivity contribution in [3.05, 3.63) is 21.4 Å². The number of nitrogens with one attached hydrogen (secondary N) is 1. The van der Waals surface area contributed by atoms with Gasteiger partial charge < -0.3 is 10.1 Å². The zero-order chi connectivity index (χ0) is 17.2. The molecule has 0 saturated heterocycles. The van der Waals surface area contributed by atoms with Gasteiger partial charge in [-0.15, -0.1) is 11.3 Å². The second-order valence-corrected chi connectivity index (χ2v) is 8.80. The van der Waals surface area contributed by atoms with Crippen LogP contribution in [0.3, 0.4) is 0 Å². The molecule has 0 aliphatic heterocycles. The number of hydrogen-bond donors (Lipinski definition) is 1. The molecule has 5 heteroatoms. The normalized spacial score (nSPS) is 17.7. The number of carbonyl (C=O) groups is 2. The second-order valence-electron chi connectivity index (χ2n) is 7.66. The van der Waals surface area contributed by atoms with E-state index in [0.717, 1.165) is 12.8 Å². The third-order valence-corrected chi connectivity index (χ3v) is 5.51. The van der Waals surface area contributed by atoms with Gasteiger partial charge in [-0.1, -0.05) is 20.8 Å². The molecule has 0 unspecified atom stereocenters. The van der Waals surface area contributed by atoms with Crippen molar-refractivity contribution in [2.45, 2.75) is 59.9 Å². The lowest BCUT2D eigenvalue weighted by molar-refractivity contribution is -0.124. The summed E-state index contributed by atoms with van der Waals surface area (Å²) in [7, 11) is 0. The van der Waals surface area contributed by atoms with Crippen LogP contribution >= 0.6 is 11.3 Å². The molecule has 0 aromatic carbocycles. The number of aryl methyl sites for hydroxylation is 1. The molecule has 0 spiro atoms. The summed E-state index contributed by atoms with van der Waals surface area (Å²) < 4.78 is 5.12. The van der Waals surface area contributed by atoms with Crippen molar-refractivity contribution < 1.29 is 14.3 Å². The molecule has 128 valence electrons. The Morgan fingerprint density at radius 2 is 2.09 bits per heavy atom. The molecule has 23 heavy (non-hydrogen) atoms. The minimum atomic E-state index is -0.393. The second kappa shape index (κ2) is 7.04. The van der Waals surface area contributed by atoms with Gasteiger partial charge >= 0.3 is 5.97 Å². The van der Waals surface area contributed by atoms with Crippen molar-refractivity contribution in [3.8, 4) is 0 Å². The molecule has 1 aromatic heterocycles. The van der Waals surface area contributed by atoms with Gasteiger partial charge in [0, 0.05) is 10.9 Å². The number of rotatable bonds is 4.